The summed E-state index contributed by atoms with van der Waals surface area (Å²) in [5.41, 5.74) is 0. The zero-order chi connectivity index (χ0) is 18.9. The van der Waals surface area contributed by atoms with Crippen LogP contribution in [0.2, 0.25) is 0 Å². The van der Waals surface area contributed by atoms with Crippen LogP contribution in [0.25, 0.3) is 0 Å². The van der Waals surface area contributed by atoms with Gasteiger partial charge in [-0.15, -0.1) is 0 Å². The summed E-state index contributed by atoms with van der Waals surface area (Å²) in [7, 11) is 3.59. The molecule has 1 unspecified atom stereocenters. The molecule has 1 aliphatic carbocycles. The highest BCUT2D eigenvalue weighted by molar-refractivity contribution is 5.85. The molecule has 0 aromatic heterocycles. The predicted octanol–water partition coefficient (Wildman–Crippen LogP) is 2.02. The SMILES string of the molecule is CCN(CC)CC1CCN(C(=NCC(=O)N(C)C)NC2CCCCC2)C1. The minimum atomic E-state index is 0.0619. The molecule has 1 heterocycles. The molecule has 0 radical (unpaired) electrons. The van der Waals surface area contributed by atoms with Crippen LogP contribution in [-0.4, -0.2) is 86.0 Å². The first-order valence-electron chi connectivity index (χ1n) is 10.5. The highest BCUT2D eigenvalue weighted by Crippen LogP contribution is 2.20. The maximum absolute atomic E-state index is 12.0. The van der Waals surface area contributed by atoms with Crippen molar-refractivity contribution in [2.75, 3.05) is 53.4 Å². The number of hydrogen-bond donors (Lipinski definition) is 1. The summed E-state index contributed by atoms with van der Waals surface area (Å²) in [6.45, 7) is 10.2. The number of amides is 1. The van der Waals surface area contributed by atoms with Crippen molar-refractivity contribution in [1.82, 2.24) is 20.0 Å². The van der Waals surface area contributed by atoms with Gasteiger partial charge in [-0.1, -0.05) is 33.1 Å². The van der Waals surface area contributed by atoms with Gasteiger partial charge in [0.25, 0.3) is 0 Å². The number of guanidine groups is 1. The largest absolute Gasteiger partial charge is 0.353 e. The molecule has 26 heavy (non-hydrogen) atoms. The van der Waals surface area contributed by atoms with Gasteiger partial charge < -0.3 is 20.0 Å². The Bertz CT molecular complexity index is 455. The Morgan fingerprint density at radius 2 is 1.81 bits per heavy atom. The van der Waals surface area contributed by atoms with Gasteiger partial charge in [-0.05, 0) is 38.3 Å². The lowest BCUT2D eigenvalue weighted by molar-refractivity contribution is -0.127. The molecule has 1 saturated carbocycles. The Morgan fingerprint density at radius 3 is 2.42 bits per heavy atom. The third-order valence-corrected chi connectivity index (χ3v) is 5.80. The molecule has 1 amide bonds. The standard InChI is InChI=1S/C20H39N5O/c1-5-24(6-2)15-17-12-13-25(16-17)20(21-14-19(26)23(3)4)22-18-10-8-7-9-11-18/h17-18H,5-16H2,1-4H3,(H,21,22). The molecule has 1 atom stereocenters. The number of carbonyl (C=O) groups is 1. The number of aliphatic imine (C=N–C) groups is 1. The van der Waals surface area contributed by atoms with Crippen LogP contribution in [0, 0.1) is 5.92 Å². The van der Waals surface area contributed by atoms with Crippen molar-refractivity contribution in [3.63, 3.8) is 0 Å². The molecule has 0 spiro atoms. The monoisotopic (exact) mass is 365 g/mol. The van der Waals surface area contributed by atoms with Crippen LogP contribution < -0.4 is 5.32 Å². The summed E-state index contributed by atoms with van der Waals surface area (Å²) in [6, 6.07) is 0.513. The smallest absolute Gasteiger partial charge is 0.243 e. The summed E-state index contributed by atoms with van der Waals surface area (Å²) in [6.07, 6.45) is 7.59. The second kappa shape index (κ2) is 10.8. The first kappa shape index (κ1) is 21.0. The van der Waals surface area contributed by atoms with E-state index in [1.165, 1.54) is 38.5 Å². The molecule has 1 aliphatic heterocycles. The summed E-state index contributed by atoms with van der Waals surface area (Å²) in [5, 5.41) is 3.69. The van der Waals surface area contributed by atoms with Crippen LogP contribution in [0.15, 0.2) is 4.99 Å². The first-order chi connectivity index (χ1) is 12.5. The van der Waals surface area contributed by atoms with Crippen molar-refractivity contribution in [2.45, 2.75) is 58.4 Å². The average molecular weight is 366 g/mol. The molecule has 1 saturated heterocycles. The molecule has 150 valence electrons. The number of rotatable bonds is 7. The zero-order valence-electron chi connectivity index (χ0n) is 17.3. The lowest BCUT2D eigenvalue weighted by atomic mass is 9.96. The fourth-order valence-electron chi connectivity index (χ4n) is 3.97. The van der Waals surface area contributed by atoms with Crippen molar-refractivity contribution >= 4 is 11.9 Å². The minimum Gasteiger partial charge on any atom is -0.353 e. The van der Waals surface area contributed by atoms with Gasteiger partial charge in [0.1, 0.15) is 6.54 Å². The van der Waals surface area contributed by atoms with E-state index < -0.39 is 0 Å². The molecule has 2 aliphatic rings. The van der Waals surface area contributed by atoms with Crippen molar-refractivity contribution in [3.8, 4) is 0 Å². The number of likely N-dealkylation sites (tertiary alicyclic amines) is 1. The third kappa shape index (κ3) is 6.45. The Balaban J connectivity index is 1.98. The molecule has 6 nitrogen and oxygen atoms in total. The van der Waals surface area contributed by atoms with E-state index in [-0.39, 0.29) is 12.5 Å². The van der Waals surface area contributed by atoms with Gasteiger partial charge in [-0.2, -0.15) is 0 Å². The van der Waals surface area contributed by atoms with E-state index in [1.807, 2.05) is 0 Å². The van der Waals surface area contributed by atoms with E-state index in [9.17, 15) is 4.79 Å². The average Bonchev–Trinajstić information content (AvgIpc) is 3.12. The van der Waals surface area contributed by atoms with Crippen LogP contribution in [0.5, 0.6) is 0 Å². The highest BCUT2D eigenvalue weighted by atomic mass is 16.2. The highest BCUT2D eigenvalue weighted by Gasteiger charge is 2.27. The van der Waals surface area contributed by atoms with E-state index in [2.05, 4.69) is 29.0 Å². The summed E-state index contributed by atoms with van der Waals surface area (Å²) < 4.78 is 0. The van der Waals surface area contributed by atoms with Crippen molar-refractivity contribution in [2.24, 2.45) is 10.9 Å². The Morgan fingerprint density at radius 1 is 1.12 bits per heavy atom. The van der Waals surface area contributed by atoms with Crippen LogP contribution in [-0.2, 0) is 4.79 Å². The summed E-state index contributed by atoms with van der Waals surface area (Å²) in [4.78, 5) is 23.2. The first-order valence-corrected chi connectivity index (χ1v) is 10.5. The molecule has 0 bridgehead atoms. The third-order valence-electron chi connectivity index (χ3n) is 5.80. The second-order valence-electron chi connectivity index (χ2n) is 7.99. The fraction of sp³-hybridized carbons (Fsp3) is 0.900. The Labute approximate surface area is 160 Å². The quantitative estimate of drug-likeness (QED) is 0.554. The van der Waals surface area contributed by atoms with E-state index in [1.54, 1.807) is 19.0 Å². The number of nitrogens with one attached hydrogen (secondary N) is 1. The van der Waals surface area contributed by atoms with Gasteiger partial charge in [0, 0.05) is 39.8 Å². The molecular formula is C20H39N5O. The molecule has 0 aromatic rings. The molecule has 2 rings (SSSR count). The maximum atomic E-state index is 12.0. The van der Waals surface area contributed by atoms with Crippen LogP contribution in [0.3, 0.4) is 0 Å². The van der Waals surface area contributed by atoms with E-state index in [0.717, 1.165) is 38.7 Å². The van der Waals surface area contributed by atoms with Gasteiger partial charge in [0.2, 0.25) is 5.91 Å². The topological polar surface area (TPSA) is 51.2 Å². The van der Waals surface area contributed by atoms with Gasteiger partial charge in [0.15, 0.2) is 5.96 Å². The van der Waals surface area contributed by atoms with Gasteiger partial charge in [0.05, 0.1) is 0 Å². The van der Waals surface area contributed by atoms with Gasteiger partial charge in [-0.25, -0.2) is 4.99 Å². The van der Waals surface area contributed by atoms with E-state index >= 15 is 0 Å². The van der Waals surface area contributed by atoms with Crippen LogP contribution in [0.1, 0.15) is 52.4 Å². The van der Waals surface area contributed by atoms with Crippen molar-refractivity contribution < 1.29 is 4.79 Å². The van der Waals surface area contributed by atoms with E-state index in [4.69, 9.17) is 4.99 Å². The molecule has 6 heteroatoms. The van der Waals surface area contributed by atoms with Gasteiger partial charge in [-0.3, -0.25) is 4.79 Å². The van der Waals surface area contributed by atoms with Crippen molar-refractivity contribution in [1.29, 1.82) is 0 Å². The Hall–Kier alpha value is -1.30. The summed E-state index contributed by atoms with van der Waals surface area (Å²) >= 11 is 0. The maximum Gasteiger partial charge on any atom is 0.243 e. The van der Waals surface area contributed by atoms with Gasteiger partial charge >= 0.3 is 0 Å². The lowest BCUT2D eigenvalue weighted by Gasteiger charge is -2.29. The fourth-order valence-corrected chi connectivity index (χ4v) is 3.97. The normalized spacial score (nSPS) is 22.1. The molecule has 2 fully saturated rings. The molecular weight excluding hydrogens is 326 g/mol. The predicted molar refractivity (Wildman–Crippen MR) is 108 cm³/mol. The number of carbonyl (C=O) groups excluding carboxylic acids is 1. The number of hydrogen-bond acceptors (Lipinski definition) is 3. The number of likely N-dealkylation sites (N-methyl/N-ethyl adjacent to an activating group) is 1. The lowest BCUT2D eigenvalue weighted by Crippen LogP contribution is -2.46. The minimum absolute atomic E-state index is 0.0619. The van der Waals surface area contributed by atoms with Crippen LogP contribution in [0.4, 0.5) is 0 Å². The Kier molecular flexibility index (Phi) is 8.69. The van der Waals surface area contributed by atoms with Crippen molar-refractivity contribution in [3.05, 3.63) is 0 Å². The van der Waals surface area contributed by atoms with E-state index in [0.29, 0.717) is 12.0 Å². The molecule has 1 N–H and O–H groups in total. The number of nitrogens with zero attached hydrogens (tertiary/aromatic N) is 4. The molecule has 0 aromatic carbocycles. The summed E-state index contributed by atoms with van der Waals surface area (Å²) in [5.74, 6) is 1.71. The van der Waals surface area contributed by atoms with Crippen LogP contribution >= 0.6 is 0 Å². The second-order valence-corrected chi connectivity index (χ2v) is 7.99. The zero-order valence-corrected chi connectivity index (χ0v) is 17.3.